The molecule has 1 aliphatic carbocycles. The van der Waals surface area contributed by atoms with Crippen molar-refractivity contribution >= 4 is 0 Å². The number of ether oxygens (including phenoxy) is 3. The smallest absolute Gasteiger partial charge is 0.319 e. The zero-order valence-corrected chi connectivity index (χ0v) is 18.1. The van der Waals surface area contributed by atoms with Crippen LogP contribution < -0.4 is 14.2 Å². The maximum absolute atomic E-state index is 12.0. The molecule has 0 unspecified atom stereocenters. The second-order valence-corrected chi connectivity index (χ2v) is 8.26. The lowest BCUT2D eigenvalue weighted by Gasteiger charge is -2.53. The minimum Gasteiger partial charge on any atom is -0.481 e. The number of piperidine rings is 1. The molecule has 4 rings (SSSR count). The highest BCUT2D eigenvalue weighted by molar-refractivity contribution is 5.35. The van der Waals surface area contributed by atoms with E-state index in [0.29, 0.717) is 11.4 Å². The number of benzene rings is 1. The average molecular weight is 424 g/mol. The second kappa shape index (κ2) is 9.13. The quantitative estimate of drug-likeness (QED) is 0.686. The van der Waals surface area contributed by atoms with E-state index >= 15 is 0 Å². The first kappa shape index (κ1) is 21.4. The molecular weight excluding hydrogens is 394 g/mol. The largest absolute Gasteiger partial charge is 0.481 e. The average Bonchev–Trinajstić information content (AvgIpc) is 2.78. The molecule has 1 aromatic carbocycles. The van der Waals surface area contributed by atoms with Crippen molar-refractivity contribution in [1.29, 1.82) is 0 Å². The van der Waals surface area contributed by atoms with Gasteiger partial charge >= 0.3 is 6.01 Å². The number of fused-ring (bicyclic) bond motifs is 2. The van der Waals surface area contributed by atoms with Gasteiger partial charge in [-0.15, -0.1) is 6.42 Å². The molecule has 1 N–H and O–H groups in total. The van der Waals surface area contributed by atoms with Crippen molar-refractivity contribution in [2.75, 3.05) is 33.9 Å². The fourth-order valence-electron chi connectivity index (χ4n) is 5.11. The highest BCUT2D eigenvalue weighted by Gasteiger charge is 2.53. The van der Waals surface area contributed by atoms with Gasteiger partial charge in [-0.05, 0) is 30.5 Å². The van der Waals surface area contributed by atoms with Crippen LogP contribution in [0.3, 0.4) is 0 Å². The predicted molar refractivity (Wildman–Crippen MR) is 116 cm³/mol. The minimum absolute atomic E-state index is 0.0757. The van der Waals surface area contributed by atoms with Crippen molar-refractivity contribution in [3.8, 4) is 30.0 Å². The third-order valence-electron chi connectivity index (χ3n) is 6.47. The molecule has 2 atom stereocenters. The van der Waals surface area contributed by atoms with E-state index in [9.17, 15) is 5.11 Å². The molecule has 0 amide bonds. The number of terminal acetylenes is 1. The molecule has 0 radical (unpaired) electrons. The van der Waals surface area contributed by atoms with Gasteiger partial charge < -0.3 is 19.3 Å². The lowest BCUT2D eigenvalue weighted by atomic mass is 9.63. The van der Waals surface area contributed by atoms with Crippen molar-refractivity contribution in [3.63, 3.8) is 0 Å². The molecule has 31 heavy (non-hydrogen) atoms. The van der Waals surface area contributed by atoms with Crippen LogP contribution in [-0.2, 0) is 12.1 Å². The van der Waals surface area contributed by atoms with Crippen molar-refractivity contribution in [1.82, 2.24) is 14.9 Å². The zero-order chi connectivity index (χ0) is 21.8. The molecule has 164 valence electrons. The summed E-state index contributed by atoms with van der Waals surface area (Å²) in [4.78, 5) is 11.0. The summed E-state index contributed by atoms with van der Waals surface area (Å²) in [6.45, 7) is 2.64. The Hall–Kier alpha value is -2.82. The number of hydrogen-bond acceptors (Lipinski definition) is 7. The molecular formula is C24H29N3O4. The monoisotopic (exact) mass is 423 g/mol. The van der Waals surface area contributed by atoms with Crippen LogP contribution in [0.25, 0.3) is 0 Å². The first-order chi connectivity index (χ1) is 15.1. The highest BCUT2D eigenvalue weighted by atomic mass is 16.5. The molecule has 2 fully saturated rings. The first-order valence-corrected chi connectivity index (χ1v) is 10.6. The lowest BCUT2D eigenvalue weighted by Crippen LogP contribution is -2.58. The SMILES string of the molecule is C#CCOc1cccc(CN2C[C@H]3CCC[C@H](C2)C3(O)c2cnc(OC)nc2OC)c1. The Morgan fingerprint density at radius 3 is 2.68 bits per heavy atom. The van der Waals surface area contributed by atoms with E-state index in [-0.39, 0.29) is 24.5 Å². The number of likely N-dealkylation sites (tertiary alicyclic amines) is 1. The highest BCUT2D eigenvalue weighted by Crippen LogP contribution is 2.51. The molecule has 1 aromatic heterocycles. The minimum atomic E-state index is -1.01. The third kappa shape index (κ3) is 4.18. The van der Waals surface area contributed by atoms with Gasteiger partial charge in [0.1, 0.15) is 18.0 Å². The van der Waals surface area contributed by atoms with Crippen molar-refractivity contribution in [3.05, 3.63) is 41.6 Å². The van der Waals surface area contributed by atoms with Gasteiger partial charge in [-0.3, -0.25) is 4.90 Å². The van der Waals surface area contributed by atoms with Crippen LogP contribution in [0, 0.1) is 24.2 Å². The fourth-order valence-corrected chi connectivity index (χ4v) is 5.11. The Kier molecular flexibility index (Phi) is 6.30. The Balaban J connectivity index is 1.55. The first-order valence-electron chi connectivity index (χ1n) is 10.6. The molecule has 2 aromatic rings. The van der Waals surface area contributed by atoms with E-state index in [1.54, 1.807) is 13.3 Å². The Morgan fingerprint density at radius 2 is 2.00 bits per heavy atom. The van der Waals surface area contributed by atoms with Crippen LogP contribution in [0.15, 0.2) is 30.5 Å². The van der Waals surface area contributed by atoms with Crippen LogP contribution >= 0.6 is 0 Å². The third-order valence-corrected chi connectivity index (χ3v) is 6.47. The van der Waals surface area contributed by atoms with Gasteiger partial charge in [0, 0.05) is 37.7 Å². The summed E-state index contributed by atoms with van der Waals surface area (Å²) in [7, 11) is 3.08. The molecule has 7 heteroatoms. The Labute approximate surface area is 183 Å². The summed E-state index contributed by atoms with van der Waals surface area (Å²) in [5, 5.41) is 12.0. The van der Waals surface area contributed by atoms with Crippen LogP contribution in [-0.4, -0.2) is 53.9 Å². The second-order valence-electron chi connectivity index (χ2n) is 8.26. The number of methoxy groups -OCH3 is 2. The van der Waals surface area contributed by atoms with Crippen LogP contribution in [0.2, 0.25) is 0 Å². The van der Waals surface area contributed by atoms with E-state index in [4.69, 9.17) is 20.6 Å². The van der Waals surface area contributed by atoms with E-state index in [0.717, 1.165) is 44.6 Å². The summed E-state index contributed by atoms with van der Waals surface area (Å²) in [5.74, 6) is 3.82. The van der Waals surface area contributed by atoms with Gasteiger partial charge in [0.15, 0.2) is 0 Å². The summed E-state index contributed by atoms with van der Waals surface area (Å²) >= 11 is 0. The standard InChI is InChI=1S/C24H29N3O4/c1-4-11-31-20-10-5-7-17(12-20)14-27-15-18-8-6-9-19(16-27)24(18,28)21-13-25-23(30-3)26-22(21)29-2/h1,5,7,10,12-13,18-19,28H,6,8-9,11,14-16H2,2-3H3/t18-,19-/m1/s1. The molecule has 2 aliphatic rings. The number of nitrogens with zero attached hydrogens (tertiary/aromatic N) is 3. The van der Waals surface area contributed by atoms with Crippen molar-refractivity contribution in [2.45, 2.75) is 31.4 Å². The van der Waals surface area contributed by atoms with E-state index < -0.39 is 5.60 Å². The van der Waals surface area contributed by atoms with E-state index in [1.807, 2.05) is 18.2 Å². The Morgan fingerprint density at radius 1 is 1.23 bits per heavy atom. The van der Waals surface area contributed by atoms with Gasteiger partial charge in [-0.25, -0.2) is 4.98 Å². The topological polar surface area (TPSA) is 76.9 Å². The summed E-state index contributed by atoms with van der Waals surface area (Å²) in [6.07, 6.45) is 9.97. The van der Waals surface area contributed by atoms with Gasteiger partial charge in [0.25, 0.3) is 0 Å². The molecule has 7 nitrogen and oxygen atoms in total. The maximum Gasteiger partial charge on any atom is 0.319 e. The molecule has 0 spiro atoms. The zero-order valence-electron chi connectivity index (χ0n) is 18.1. The summed E-state index contributed by atoms with van der Waals surface area (Å²) < 4.78 is 16.2. The van der Waals surface area contributed by atoms with Crippen molar-refractivity contribution < 1.29 is 19.3 Å². The Bertz CT molecular complexity index is 944. The van der Waals surface area contributed by atoms with E-state index in [2.05, 4.69) is 26.9 Å². The predicted octanol–water partition coefficient (Wildman–Crippen LogP) is 2.63. The molecule has 2 heterocycles. The molecule has 1 aliphatic heterocycles. The molecule has 1 saturated heterocycles. The van der Waals surface area contributed by atoms with E-state index in [1.165, 1.54) is 12.7 Å². The summed E-state index contributed by atoms with van der Waals surface area (Å²) in [5.41, 5.74) is 0.822. The fraction of sp³-hybridized carbons (Fsp3) is 0.500. The number of rotatable bonds is 7. The van der Waals surface area contributed by atoms with Gasteiger partial charge in [-0.1, -0.05) is 24.5 Å². The van der Waals surface area contributed by atoms with Crippen LogP contribution in [0.5, 0.6) is 17.6 Å². The number of aromatic nitrogens is 2. The summed E-state index contributed by atoms with van der Waals surface area (Å²) in [6, 6.07) is 8.27. The number of aliphatic hydroxyl groups is 1. The maximum atomic E-state index is 12.0. The van der Waals surface area contributed by atoms with Crippen molar-refractivity contribution in [2.24, 2.45) is 11.8 Å². The van der Waals surface area contributed by atoms with Crippen LogP contribution in [0.1, 0.15) is 30.4 Å². The molecule has 1 saturated carbocycles. The molecule has 2 bridgehead atoms. The normalized spacial score (nSPS) is 25.5. The van der Waals surface area contributed by atoms with Gasteiger partial charge in [0.05, 0.1) is 19.8 Å². The number of hydrogen-bond donors (Lipinski definition) is 1. The van der Waals surface area contributed by atoms with Gasteiger partial charge in [-0.2, -0.15) is 4.98 Å². The van der Waals surface area contributed by atoms with Gasteiger partial charge in [0.2, 0.25) is 5.88 Å². The van der Waals surface area contributed by atoms with Crippen LogP contribution in [0.4, 0.5) is 0 Å². The lowest BCUT2D eigenvalue weighted by molar-refractivity contribution is -0.149.